The molecule has 0 spiro atoms. The van der Waals surface area contributed by atoms with Gasteiger partial charge in [0, 0.05) is 17.3 Å². The summed E-state index contributed by atoms with van der Waals surface area (Å²) in [7, 11) is 0. The molecule has 152 valence electrons. The van der Waals surface area contributed by atoms with Crippen LogP contribution in [0.4, 0.5) is 5.69 Å². The van der Waals surface area contributed by atoms with Crippen LogP contribution in [0.5, 0.6) is 11.5 Å². The van der Waals surface area contributed by atoms with Gasteiger partial charge in [-0.15, -0.1) is 0 Å². The summed E-state index contributed by atoms with van der Waals surface area (Å²) in [5.41, 5.74) is 4.07. The molecule has 0 unspecified atom stereocenters. The van der Waals surface area contributed by atoms with Crippen molar-refractivity contribution in [1.29, 1.82) is 0 Å². The number of benzene rings is 2. The molecule has 3 aromatic rings. The molecular weight excluding hydrogens is 390 g/mol. The maximum absolute atomic E-state index is 11.9. The molecule has 1 aliphatic heterocycles. The van der Waals surface area contributed by atoms with Crippen molar-refractivity contribution in [3.63, 3.8) is 0 Å². The first kappa shape index (κ1) is 19.1. The van der Waals surface area contributed by atoms with Crippen molar-refractivity contribution in [1.82, 2.24) is 5.43 Å². The quantitative estimate of drug-likeness (QED) is 0.406. The van der Waals surface area contributed by atoms with Crippen LogP contribution in [0.15, 0.2) is 64.1 Å². The van der Waals surface area contributed by atoms with E-state index in [1.807, 2.05) is 0 Å². The Hall–Kier alpha value is -4.27. The summed E-state index contributed by atoms with van der Waals surface area (Å²) in [6.07, 6.45) is 1.38. The van der Waals surface area contributed by atoms with Crippen molar-refractivity contribution in [2.45, 2.75) is 0 Å². The van der Waals surface area contributed by atoms with Crippen LogP contribution in [0, 0.1) is 0 Å². The number of hydrogen-bond acceptors (Lipinski definition) is 7. The van der Waals surface area contributed by atoms with Crippen LogP contribution in [0.1, 0.15) is 16.1 Å². The van der Waals surface area contributed by atoms with E-state index in [-0.39, 0.29) is 24.8 Å². The Balaban J connectivity index is 1.28. The van der Waals surface area contributed by atoms with Gasteiger partial charge in [0.05, 0.1) is 18.3 Å². The van der Waals surface area contributed by atoms with Gasteiger partial charge in [-0.1, -0.05) is 12.1 Å². The summed E-state index contributed by atoms with van der Waals surface area (Å²) in [4.78, 5) is 22.8. The van der Waals surface area contributed by atoms with Gasteiger partial charge >= 0.3 is 5.97 Å². The fourth-order valence-electron chi connectivity index (χ4n) is 2.75. The number of nitrogens with one attached hydrogen (secondary N) is 2. The number of furan rings is 1. The highest BCUT2D eigenvalue weighted by Crippen LogP contribution is 2.34. The van der Waals surface area contributed by atoms with Crippen LogP contribution in [0.2, 0.25) is 0 Å². The van der Waals surface area contributed by atoms with Crippen molar-refractivity contribution in [3.05, 3.63) is 65.9 Å². The maximum atomic E-state index is 11.9. The minimum Gasteiger partial charge on any atom is -0.478 e. The van der Waals surface area contributed by atoms with Gasteiger partial charge in [0.2, 0.25) is 6.79 Å². The van der Waals surface area contributed by atoms with E-state index in [4.69, 9.17) is 19.0 Å². The molecule has 3 N–H and O–H groups in total. The Morgan fingerprint density at radius 3 is 2.63 bits per heavy atom. The predicted octanol–water partition coefficient (Wildman–Crippen LogP) is 2.94. The van der Waals surface area contributed by atoms with Gasteiger partial charge in [-0.05, 0) is 36.4 Å². The molecule has 9 nitrogen and oxygen atoms in total. The Bertz CT molecular complexity index is 1100. The van der Waals surface area contributed by atoms with E-state index in [9.17, 15) is 9.59 Å². The van der Waals surface area contributed by atoms with Gasteiger partial charge in [-0.2, -0.15) is 5.10 Å². The number of fused-ring (bicyclic) bond motifs is 1. The summed E-state index contributed by atoms with van der Waals surface area (Å²) in [6, 6.07) is 15.1. The molecule has 4 rings (SSSR count). The molecule has 0 radical (unpaired) electrons. The first-order valence-electron chi connectivity index (χ1n) is 8.97. The largest absolute Gasteiger partial charge is 0.478 e. The summed E-state index contributed by atoms with van der Waals surface area (Å²) < 4.78 is 16.2. The second-order valence-electron chi connectivity index (χ2n) is 6.30. The SMILES string of the molecule is O=C(CNc1ccc2c(c1)OCO2)N/N=C\c1ccc(-c2ccc(C(=O)O)cc2)o1. The molecular formula is C21H17N3O6. The van der Waals surface area contributed by atoms with Crippen LogP contribution in [0.3, 0.4) is 0 Å². The smallest absolute Gasteiger partial charge is 0.335 e. The lowest BCUT2D eigenvalue weighted by atomic mass is 10.1. The molecule has 1 aromatic heterocycles. The molecule has 2 heterocycles. The first-order chi connectivity index (χ1) is 14.6. The standard InChI is InChI=1S/C21H17N3O6/c25-20(11-22-15-5-7-18-19(9-15)29-12-28-18)24-23-10-16-6-8-17(30-16)13-1-3-14(4-2-13)21(26)27/h1-10,22H,11-12H2,(H,24,25)(H,26,27)/b23-10-. The predicted molar refractivity (Wildman–Crippen MR) is 108 cm³/mol. The Morgan fingerprint density at radius 1 is 1.03 bits per heavy atom. The molecule has 0 aliphatic carbocycles. The number of carboxylic acid groups (broad SMARTS) is 1. The Morgan fingerprint density at radius 2 is 1.83 bits per heavy atom. The van der Waals surface area contributed by atoms with Gasteiger partial charge in [0.25, 0.3) is 5.91 Å². The van der Waals surface area contributed by atoms with Gasteiger partial charge in [-0.3, -0.25) is 4.79 Å². The highest BCUT2D eigenvalue weighted by Gasteiger charge is 2.13. The Kier molecular flexibility index (Phi) is 5.33. The topological polar surface area (TPSA) is 122 Å². The fraction of sp³-hybridized carbons (Fsp3) is 0.0952. The molecule has 0 saturated heterocycles. The molecule has 0 bridgehead atoms. The number of carbonyl (C=O) groups excluding carboxylic acids is 1. The molecule has 0 atom stereocenters. The third-order valence-electron chi connectivity index (χ3n) is 4.25. The molecule has 9 heteroatoms. The van der Waals surface area contributed by atoms with Crippen molar-refractivity contribution in [3.8, 4) is 22.8 Å². The molecule has 30 heavy (non-hydrogen) atoms. The van der Waals surface area contributed by atoms with E-state index < -0.39 is 5.97 Å². The second-order valence-corrected chi connectivity index (χ2v) is 6.30. The van der Waals surface area contributed by atoms with Gasteiger partial charge in [-0.25, -0.2) is 10.2 Å². The third kappa shape index (κ3) is 4.41. The summed E-state index contributed by atoms with van der Waals surface area (Å²) in [6.45, 7) is 0.215. The number of hydrogen-bond donors (Lipinski definition) is 3. The van der Waals surface area contributed by atoms with Crippen molar-refractivity contribution >= 4 is 23.8 Å². The van der Waals surface area contributed by atoms with Crippen molar-refractivity contribution in [2.24, 2.45) is 5.10 Å². The zero-order valence-corrected chi connectivity index (χ0v) is 15.6. The number of amides is 1. The number of rotatable bonds is 7. The minimum atomic E-state index is -0.988. The minimum absolute atomic E-state index is 0.0241. The van der Waals surface area contributed by atoms with Crippen molar-refractivity contribution < 1.29 is 28.6 Å². The molecule has 2 aromatic carbocycles. The number of anilines is 1. The zero-order chi connectivity index (χ0) is 20.9. The highest BCUT2D eigenvalue weighted by atomic mass is 16.7. The number of ether oxygens (including phenoxy) is 2. The Labute approximate surface area is 170 Å². The molecule has 0 saturated carbocycles. The van der Waals surface area contributed by atoms with Crippen molar-refractivity contribution in [2.75, 3.05) is 18.7 Å². The summed E-state index contributed by atoms with van der Waals surface area (Å²) >= 11 is 0. The maximum Gasteiger partial charge on any atom is 0.335 e. The number of hydrazone groups is 1. The lowest BCUT2D eigenvalue weighted by molar-refractivity contribution is -0.119. The van der Waals surface area contributed by atoms with Gasteiger partial charge < -0.3 is 24.3 Å². The van der Waals surface area contributed by atoms with Crippen LogP contribution in [-0.4, -0.2) is 36.5 Å². The average molecular weight is 407 g/mol. The van der Waals surface area contributed by atoms with E-state index >= 15 is 0 Å². The van der Waals surface area contributed by atoms with Crippen LogP contribution in [-0.2, 0) is 4.79 Å². The van der Waals surface area contributed by atoms with E-state index in [1.165, 1.54) is 18.3 Å². The summed E-state index contributed by atoms with van der Waals surface area (Å²) in [5, 5.41) is 15.8. The normalized spacial score (nSPS) is 12.1. The number of aromatic carboxylic acids is 1. The lowest BCUT2D eigenvalue weighted by Crippen LogP contribution is -2.25. The zero-order valence-electron chi connectivity index (χ0n) is 15.6. The van der Waals surface area contributed by atoms with Gasteiger partial charge in [0.15, 0.2) is 11.5 Å². The van der Waals surface area contributed by atoms with E-state index in [1.54, 1.807) is 42.5 Å². The molecule has 1 amide bonds. The first-order valence-corrected chi connectivity index (χ1v) is 8.97. The van der Waals surface area contributed by atoms with E-state index in [0.717, 1.165) is 11.3 Å². The number of carboxylic acids is 1. The van der Waals surface area contributed by atoms with E-state index in [0.29, 0.717) is 23.0 Å². The lowest BCUT2D eigenvalue weighted by Gasteiger charge is -2.06. The number of nitrogens with zero attached hydrogens (tertiary/aromatic N) is 1. The summed E-state index contributed by atoms with van der Waals surface area (Å²) in [5.74, 6) is 0.980. The van der Waals surface area contributed by atoms with Crippen LogP contribution >= 0.6 is 0 Å². The monoisotopic (exact) mass is 407 g/mol. The molecule has 1 aliphatic rings. The second kappa shape index (κ2) is 8.39. The average Bonchev–Trinajstić information content (AvgIpc) is 3.41. The fourth-order valence-corrected chi connectivity index (χ4v) is 2.75. The van der Waals surface area contributed by atoms with Gasteiger partial charge in [0.1, 0.15) is 11.5 Å². The van der Waals surface area contributed by atoms with Crippen LogP contribution in [0.25, 0.3) is 11.3 Å². The third-order valence-corrected chi connectivity index (χ3v) is 4.25. The molecule has 0 fully saturated rings. The highest BCUT2D eigenvalue weighted by molar-refractivity contribution is 5.88. The van der Waals surface area contributed by atoms with E-state index in [2.05, 4.69) is 15.8 Å². The number of carbonyl (C=O) groups is 2. The van der Waals surface area contributed by atoms with Crippen LogP contribution < -0.4 is 20.2 Å².